The number of nitrogens with zero attached hydrogens (tertiary/aromatic N) is 2. The first-order valence-corrected chi connectivity index (χ1v) is 7.35. The Kier molecular flexibility index (Phi) is 4.10. The number of halogens is 1. The highest BCUT2D eigenvalue weighted by Crippen LogP contribution is 2.32. The van der Waals surface area contributed by atoms with Gasteiger partial charge in [-0.1, -0.05) is 0 Å². The second-order valence-electron chi connectivity index (χ2n) is 3.24. The molecule has 0 spiro atoms. The van der Waals surface area contributed by atoms with E-state index < -0.39 is 0 Å². The fourth-order valence-corrected chi connectivity index (χ4v) is 3.57. The van der Waals surface area contributed by atoms with Crippen molar-refractivity contribution in [1.29, 1.82) is 5.26 Å². The lowest BCUT2D eigenvalue weighted by atomic mass is 10.2. The predicted molar refractivity (Wildman–Crippen MR) is 71.7 cm³/mol. The number of aromatic nitrogens is 1. The Morgan fingerprint density at radius 1 is 1.44 bits per heavy atom. The first-order valence-electron chi connectivity index (χ1n) is 4.86. The molecule has 0 fully saturated rings. The maximum absolute atomic E-state index is 8.46. The van der Waals surface area contributed by atoms with E-state index in [1.165, 1.54) is 4.88 Å². The highest BCUT2D eigenvalue weighted by molar-refractivity contribution is 9.11. The molecule has 0 unspecified atom stereocenters. The summed E-state index contributed by atoms with van der Waals surface area (Å²) in [4.78, 5) is 5.75. The van der Waals surface area contributed by atoms with Gasteiger partial charge in [-0.3, -0.25) is 0 Å². The molecule has 0 aliphatic carbocycles. The third-order valence-corrected chi connectivity index (χ3v) is 4.61. The molecule has 0 N–H and O–H groups in total. The maximum atomic E-state index is 8.46. The topological polar surface area (TPSA) is 36.7 Å². The molecule has 0 saturated carbocycles. The Labute approximate surface area is 111 Å². The highest BCUT2D eigenvalue weighted by atomic mass is 79.9. The third-order valence-electron chi connectivity index (χ3n) is 2.06. The van der Waals surface area contributed by atoms with E-state index in [1.54, 1.807) is 22.7 Å². The zero-order valence-corrected chi connectivity index (χ0v) is 11.7. The molecule has 0 amide bonds. The minimum absolute atomic E-state index is 0.611. The van der Waals surface area contributed by atoms with E-state index in [0.29, 0.717) is 6.42 Å². The zero-order valence-electron chi connectivity index (χ0n) is 8.44. The molecular formula is C11H9BrN2S2. The number of thiazole rings is 1. The molecule has 0 saturated heterocycles. The Balaban J connectivity index is 2.05. The smallest absolute Gasteiger partial charge is 0.0933 e. The van der Waals surface area contributed by atoms with Gasteiger partial charge in [0, 0.05) is 18.2 Å². The van der Waals surface area contributed by atoms with Gasteiger partial charge in [0.25, 0.3) is 0 Å². The van der Waals surface area contributed by atoms with Crippen molar-refractivity contribution in [2.45, 2.75) is 19.3 Å². The zero-order chi connectivity index (χ0) is 11.4. The van der Waals surface area contributed by atoms with Crippen molar-refractivity contribution in [3.63, 3.8) is 0 Å². The quantitative estimate of drug-likeness (QED) is 0.780. The molecule has 0 aliphatic heterocycles. The van der Waals surface area contributed by atoms with Gasteiger partial charge in [-0.15, -0.1) is 22.7 Å². The van der Waals surface area contributed by atoms with Crippen molar-refractivity contribution in [2.75, 3.05) is 0 Å². The van der Waals surface area contributed by atoms with Crippen LogP contribution in [0.1, 0.15) is 17.8 Å². The van der Waals surface area contributed by atoms with E-state index in [1.807, 2.05) is 6.07 Å². The second-order valence-corrected chi connectivity index (χ2v) is 6.65. The van der Waals surface area contributed by atoms with Gasteiger partial charge in [0.2, 0.25) is 0 Å². The van der Waals surface area contributed by atoms with E-state index in [0.717, 1.165) is 27.3 Å². The largest absolute Gasteiger partial charge is 0.240 e. The molecule has 82 valence electrons. The molecule has 0 bridgehead atoms. The summed E-state index contributed by atoms with van der Waals surface area (Å²) < 4.78 is 1.13. The van der Waals surface area contributed by atoms with Gasteiger partial charge in [-0.2, -0.15) is 5.26 Å². The van der Waals surface area contributed by atoms with Crippen LogP contribution >= 0.6 is 38.6 Å². The van der Waals surface area contributed by atoms with Crippen molar-refractivity contribution >= 4 is 38.6 Å². The van der Waals surface area contributed by atoms with E-state index in [9.17, 15) is 0 Å². The van der Waals surface area contributed by atoms with Gasteiger partial charge < -0.3 is 0 Å². The number of nitriles is 1. The molecule has 0 atom stereocenters. The fourth-order valence-electron chi connectivity index (χ4n) is 1.31. The SMILES string of the molecule is N#CCCCc1nc(-c2ccc(Br)s2)cs1. The number of aryl methyl sites for hydroxylation is 1. The number of rotatable bonds is 4. The third kappa shape index (κ3) is 2.91. The lowest BCUT2D eigenvalue weighted by Gasteiger charge is -1.90. The summed E-state index contributed by atoms with van der Waals surface area (Å²) in [6.07, 6.45) is 2.42. The molecule has 0 aliphatic rings. The van der Waals surface area contributed by atoms with E-state index in [-0.39, 0.29) is 0 Å². The standard InChI is InChI=1S/C11H9BrN2S2/c12-10-5-4-9(16-10)8-7-15-11(14-8)3-1-2-6-13/h4-5,7H,1-3H2. The molecule has 2 aromatic rings. The fraction of sp³-hybridized carbons (Fsp3) is 0.273. The Hall–Kier alpha value is -0.700. The van der Waals surface area contributed by atoms with E-state index in [4.69, 9.17) is 5.26 Å². The Morgan fingerprint density at radius 3 is 3.00 bits per heavy atom. The minimum atomic E-state index is 0.611. The van der Waals surface area contributed by atoms with Crippen LogP contribution in [0.3, 0.4) is 0 Å². The number of unbranched alkanes of at least 4 members (excludes halogenated alkanes) is 1. The monoisotopic (exact) mass is 312 g/mol. The summed E-state index contributed by atoms with van der Waals surface area (Å²) in [5.41, 5.74) is 1.05. The lowest BCUT2D eigenvalue weighted by Crippen LogP contribution is -1.83. The minimum Gasteiger partial charge on any atom is -0.240 e. The van der Waals surface area contributed by atoms with Crippen molar-refractivity contribution in [1.82, 2.24) is 4.98 Å². The van der Waals surface area contributed by atoms with E-state index >= 15 is 0 Å². The second kappa shape index (κ2) is 5.58. The average Bonchev–Trinajstić information content (AvgIpc) is 2.87. The van der Waals surface area contributed by atoms with Crippen molar-refractivity contribution in [2.24, 2.45) is 0 Å². The van der Waals surface area contributed by atoms with E-state index in [2.05, 4.69) is 38.4 Å². The Morgan fingerprint density at radius 2 is 2.31 bits per heavy atom. The summed E-state index contributed by atoms with van der Waals surface area (Å²) in [7, 11) is 0. The van der Waals surface area contributed by atoms with Gasteiger partial charge in [-0.05, 0) is 34.5 Å². The van der Waals surface area contributed by atoms with Gasteiger partial charge in [0.1, 0.15) is 0 Å². The lowest BCUT2D eigenvalue weighted by molar-refractivity contribution is 0.843. The summed E-state index contributed by atoms with van der Waals surface area (Å²) in [6.45, 7) is 0. The van der Waals surface area contributed by atoms with Gasteiger partial charge in [0.05, 0.1) is 25.4 Å². The van der Waals surface area contributed by atoms with Crippen molar-refractivity contribution < 1.29 is 0 Å². The van der Waals surface area contributed by atoms with Crippen LogP contribution in [0.2, 0.25) is 0 Å². The first kappa shape index (κ1) is 11.8. The predicted octanol–water partition coefficient (Wildman–Crippen LogP) is 4.48. The van der Waals surface area contributed by atoms with Crippen LogP contribution in [-0.4, -0.2) is 4.98 Å². The summed E-state index contributed by atoms with van der Waals surface area (Å²) >= 11 is 6.81. The summed E-state index contributed by atoms with van der Waals surface area (Å²) in [6, 6.07) is 6.26. The van der Waals surface area contributed by atoms with Crippen LogP contribution in [0.4, 0.5) is 0 Å². The number of thiophene rings is 1. The molecule has 2 nitrogen and oxygen atoms in total. The first-order chi connectivity index (χ1) is 7.79. The molecule has 2 rings (SSSR count). The molecule has 5 heteroatoms. The van der Waals surface area contributed by atoms with Gasteiger partial charge in [-0.25, -0.2) is 4.98 Å². The normalized spacial score (nSPS) is 10.2. The molecule has 0 radical (unpaired) electrons. The van der Waals surface area contributed by atoms with Crippen LogP contribution in [0, 0.1) is 11.3 Å². The average molecular weight is 313 g/mol. The summed E-state index contributed by atoms with van der Waals surface area (Å²) in [5, 5.41) is 11.7. The molecule has 0 aromatic carbocycles. The maximum Gasteiger partial charge on any atom is 0.0933 e. The molecular weight excluding hydrogens is 304 g/mol. The summed E-state index contributed by atoms with van der Waals surface area (Å²) in [5.74, 6) is 0. The van der Waals surface area contributed by atoms with Crippen molar-refractivity contribution in [3.05, 3.63) is 26.3 Å². The van der Waals surface area contributed by atoms with Crippen LogP contribution in [0.25, 0.3) is 10.6 Å². The highest BCUT2D eigenvalue weighted by Gasteiger charge is 2.06. The molecule has 2 aromatic heterocycles. The van der Waals surface area contributed by atoms with Crippen LogP contribution in [0.15, 0.2) is 21.3 Å². The van der Waals surface area contributed by atoms with Crippen molar-refractivity contribution in [3.8, 4) is 16.6 Å². The number of hydrogen-bond acceptors (Lipinski definition) is 4. The van der Waals surface area contributed by atoms with Gasteiger partial charge >= 0.3 is 0 Å². The van der Waals surface area contributed by atoms with Crippen LogP contribution in [0.5, 0.6) is 0 Å². The van der Waals surface area contributed by atoms with Gasteiger partial charge in [0.15, 0.2) is 0 Å². The van der Waals surface area contributed by atoms with Crippen LogP contribution in [-0.2, 0) is 6.42 Å². The Bertz CT molecular complexity index is 510. The number of hydrogen-bond donors (Lipinski definition) is 0. The van der Waals surface area contributed by atoms with Crippen LogP contribution < -0.4 is 0 Å². The molecule has 16 heavy (non-hydrogen) atoms. The molecule has 2 heterocycles.